The summed E-state index contributed by atoms with van der Waals surface area (Å²) in [5.41, 5.74) is 1.64. The third kappa shape index (κ3) is 6.02. The van der Waals surface area contributed by atoms with Crippen LogP contribution in [0, 0.1) is 6.92 Å². The fraction of sp³-hybridized carbons (Fsp3) is 0.292. The average molecular weight is 487 g/mol. The van der Waals surface area contributed by atoms with Crippen LogP contribution in [0.4, 0.5) is 4.79 Å². The summed E-state index contributed by atoms with van der Waals surface area (Å²) < 4.78 is 21.4. The van der Waals surface area contributed by atoms with Crippen molar-refractivity contribution < 1.29 is 33.3 Å². The fourth-order valence-corrected chi connectivity index (χ4v) is 4.11. The van der Waals surface area contributed by atoms with Gasteiger partial charge in [0.1, 0.15) is 5.75 Å². The van der Waals surface area contributed by atoms with Crippen LogP contribution in [0.15, 0.2) is 41.3 Å². The molecule has 1 saturated heterocycles. The number of amides is 3. The number of methoxy groups -OCH3 is 3. The normalized spacial score (nSPS) is 14.4. The SMILES string of the molecule is COc1cc(/C=C2\SC(=O)N(CCNC(=O)COc3cccc(C)c3)C2=O)cc(OC)c1OC. The number of nitrogens with zero attached hydrogens (tertiary/aromatic N) is 1. The van der Waals surface area contributed by atoms with Gasteiger partial charge in [0.25, 0.3) is 17.1 Å². The molecule has 3 rings (SSSR count). The average Bonchev–Trinajstić information content (AvgIpc) is 3.09. The molecule has 180 valence electrons. The van der Waals surface area contributed by atoms with E-state index in [-0.39, 0.29) is 30.5 Å². The molecule has 1 fully saturated rings. The van der Waals surface area contributed by atoms with Crippen molar-refractivity contribution in [3.8, 4) is 23.0 Å². The Morgan fingerprint density at radius 3 is 2.38 bits per heavy atom. The number of thioether (sulfide) groups is 1. The predicted octanol–water partition coefficient (Wildman–Crippen LogP) is 3.25. The van der Waals surface area contributed by atoms with Gasteiger partial charge in [-0.1, -0.05) is 12.1 Å². The number of carbonyl (C=O) groups is 3. The van der Waals surface area contributed by atoms with Crippen molar-refractivity contribution in [1.82, 2.24) is 10.2 Å². The molecule has 0 saturated carbocycles. The van der Waals surface area contributed by atoms with Gasteiger partial charge in [0.2, 0.25) is 5.75 Å². The minimum absolute atomic E-state index is 0.0491. The third-order valence-corrected chi connectivity index (χ3v) is 5.78. The van der Waals surface area contributed by atoms with Gasteiger partial charge in [0.15, 0.2) is 18.1 Å². The lowest BCUT2D eigenvalue weighted by atomic mass is 10.1. The third-order valence-electron chi connectivity index (χ3n) is 4.88. The minimum Gasteiger partial charge on any atom is -0.493 e. The number of benzene rings is 2. The summed E-state index contributed by atoms with van der Waals surface area (Å²) in [5.74, 6) is 1.11. The van der Waals surface area contributed by atoms with Gasteiger partial charge in [0.05, 0.1) is 26.2 Å². The summed E-state index contributed by atoms with van der Waals surface area (Å²) in [5, 5.41) is 2.25. The van der Waals surface area contributed by atoms with Crippen LogP contribution >= 0.6 is 11.8 Å². The highest BCUT2D eigenvalue weighted by Crippen LogP contribution is 2.40. The summed E-state index contributed by atoms with van der Waals surface area (Å²) in [6.45, 7) is 1.94. The van der Waals surface area contributed by atoms with Crippen LogP contribution in [0.1, 0.15) is 11.1 Å². The number of rotatable bonds is 10. The first-order valence-electron chi connectivity index (χ1n) is 10.4. The van der Waals surface area contributed by atoms with E-state index in [4.69, 9.17) is 18.9 Å². The van der Waals surface area contributed by atoms with Crippen LogP contribution in [0.3, 0.4) is 0 Å². The van der Waals surface area contributed by atoms with Crippen LogP contribution in [0.2, 0.25) is 0 Å². The van der Waals surface area contributed by atoms with Crippen LogP contribution in [0.5, 0.6) is 23.0 Å². The molecule has 1 N–H and O–H groups in total. The van der Waals surface area contributed by atoms with Gasteiger partial charge < -0.3 is 24.3 Å². The molecule has 0 spiro atoms. The largest absolute Gasteiger partial charge is 0.493 e. The molecular formula is C24H26N2O7S. The second-order valence-corrected chi connectivity index (χ2v) is 8.24. The number of ether oxygens (including phenoxy) is 4. The van der Waals surface area contributed by atoms with E-state index in [2.05, 4.69) is 5.32 Å². The second kappa shape index (κ2) is 11.5. The van der Waals surface area contributed by atoms with E-state index in [0.717, 1.165) is 22.2 Å². The standard InChI is InChI=1S/C24H26N2O7S/c1-15-6-5-7-17(10-15)33-14-21(27)25-8-9-26-23(28)20(34-24(26)29)13-16-11-18(30-2)22(32-4)19(12-16)31-3/h5-7,10-13H,8-9,14H2,1-4H3,(H,25,27)/b20-13-. The first kappa shape index (κ1) is 25.0. The number of aryl methyl sites for hydroxylation is 1. The van der Waals surface area contributed by atoms with Gasteiger partial charge >= 0.3 is 0 Å². The van der Waals surface area contributed by atoms with Gasteiger partial charge in [-0.15, -0.1) is 0 Å². The Balaban J connectivity index is 1.58. The lowest BCUT2D eigenvalue weighted by molar-refractivity contribution is -0.125. The highest BCUT2D eigenvalue weighted by molar-refractivity contribution is 8.18. The van der Waals surface area contributed by atoms with E-state index >= 15 is 0 Å². The minimum atomic E-state index is -0.436. The molecule has 0 atom stereocenters. The molecule has 1 heterocycles. The van der Waals surface area contributed by atoms with Crippen LogP contribution in [0.25, 0.3) is 6.08 Å². The van der Waals surface area contributed by atoms with E-state index in [1.54, 1.807) is 24.3 Å². The Labute approximate surface area is 202 Å². The zero-order chi connectivity index (χ0) is 24.7. The summed E-state index contributed by atoms with van der Waals surface area (Å²) in [4.78, 5) is 38.5. The summed E-state index contributed by atoms with van der Waals surface area (Å²) in [6, 6.07) is 10.7. The smallest absolute Gasteiger partial charge is 0.293 e. The first-order chi connectivity index (χ1) is 16.4. The molecule has 1 aliphatic rings. The van der Waals surface area contributed by atoms with E-state index < -0.39 is 11.1 Å². The number of nitrogens with one attached hydrogen (secondary N) is 1. The van der Waals surface area contributed by atoms with Gasteiger partial charge in [-0.05, 0) is 60.2 Å². The van der Waals surface area contributed by atoms with Crippen molar-refractivity contribution in [2.24, 2.45) is 0 Å². The Bertz CT molecular complexity index is 1090. The van der Waals surface area contributed by atoms with Crippen molar-refractivity contribution in [2.45, 2.75) is 6.92 Å². The van der Waals surface area contributed by atoms with E-state index in [1.807, 2.05) is 25.1 Å². The highest BCUT2D eigenvalue weighted by Gasteiger charge is 2.34. The second-order valence-electron chi connectivity index (χ2n) is 7.25. The molecule has 1 aliphatic heterocycles. The molecule has 0 unspecified atom stereocenters. The van der Waals surface area contributed by atoms with Gasteiger partial charge in [-0.25, -0.2) is 0 Å². The van der Waals surface area contributed by atoms with Crippen molar-refractivity contribution in [1.29, 1.82) is 0 Å². The first-order valence-corrected chi connectivity index (χ1v) is 11.2. The maximum atomic E-state index is 12.8. The summed E-state index contributed by atoms with van der Waals surface area (Å²) in [7, 11) is 4.49. The molecule has 0 radical (unpaired) electrons. The number of hydrogen-bond donors (Lipinski definition) is 1. The van der Waals surface area contributed by atoms with Crippen molar-refractivity contribution in [3.05, 3.63) is 52.4 Å². The molecule has 3 amide bonds. The molecule has 0 aromatic heterocycles. The molecule has 34 heavy (non-hydrogen) atoms. The molecule has 0 aliphatic carbocycles. The fourth-order valence-electron chi connectivity index (χ4n) is 3.24. The maximum absolute atomic E-state index is 12.8. The molecule has 9 nitrogen and oxygen atoms in total. The summed E-state index contributed by atoms with van der Waals surface area (Å²) >= 11 is 0.829. The van der Waals surface area contributed by atoms with E-state index in [0.29, 0.717) is 28.6 Å². The molecule has 10 heteroatoms. The zero-order valence-electron chi connectivity index (χ0n) is 19.4. The topological polar surface area (TPSA) is 103 Å². The Morgan fingerprint density at radius 2 is 1.76 bits per heavy atom. The Morgan fingerprint density at radius 1 is 1.06 bits per heavy atom. The van der Waals surface area contributed by atoms with Gasteiger partial charge in [-0.2, -0.15) is 0 Å². The number of imide groups is 1. The van der Waals surface area contributed by atoms with Crippen molar-refractivity contribution >= 4 is 34.9 Å². The molecular weight excluding hydrogens is 460 g/mol. The lowest BCUT2D eigenvalue weighted by Crippen LogP contribution is -2.38. The van der Waals surface area contributed by atoms with E-state index in [1.165, 1.54) is 21.3 Å². The quantitative estimate of drug-likeness (QED) is 0.511. The van der Waals surface area contributed by atoms with Crippen LogP contribution < -0.4 is 24.3 Å². The molecule has 2 aromatic carbocycles. The number of hydrogen-bond acceptors (Lipinski definition) is 8. The molecule has 2 aromatic rings. The Hall–Kier alpha value is -3.66. The van der Waals surface area contributed by atoms with Crippen LogP contribution in [-0.4, -0.2) is 63.0 Å². The van der Waals surface area contributed by atoms with Gasteiger partial charge in [0, 0.05) is 13.1 Å². The number of carbonyl (C=O) groups excluding carboxylic acids is 3. The van der Waals surface area contributed by atoms with E-state index in [9.17, 15) is 14.4 Å². The van der Waals surface area contributed by atoms with Gasteiger partial charge in [-0.3, -0.25) is 19.3 Å². The van der Waals surface area contributed by atoms with Crippen molar-refractivity contribution in [2.75, 3.05) is 41.0 Å². The highest BCUT2D eigenvalue weighted by atomic mass is 32.2. The maximum Gasteiger partial charge on any atom is 0.293 e. The molecule has 0 bridgehead atoms. The predicted molar refractivity (Wildman–Crippen MR) is 128 cm³/mol. The zero-order valence-corrected chi connectivity index (χ0v) is 20.2. The van der Waals surface area contributed by atoms with Crippen molar-refractivity contribution in [3.63, 3.8) is 0 Å². The van der Waals surface area contributed by atoms with Crippen LogP contribution in [-0.2, 0) is 9.59 Å². The monoisotopic (exact) mass is 486 g/mol. The summed E-state index contributed by atoms with van der Waals surface area (Å²) in [6.07, 6.45) is 1.59. The Kier molecular flexibility index (Phi) is 8.42. The lowest BCUT2D eigenvalue weighted by Gasteiger charge is -2.14.